The lowest BCUT2D eigenvalue weighted by Crippen LogP contribution is -2.39. The molecule has 0 unspecified atom stereocenters. The van der Waals surface area contributed by atoms with Crippen LogP contribution in [0, 0.1) is 0 Å². The second kappa shape index (κ2) is 9.03. The van der Waals surface area contributed by atoms with E-state index >= 15 is 0 Å². The third-order valence-corrected chi connectivity index (χ3v) is 6.35. The molecule has 11 heteroatoms. The zero-order chi connectivity index (χ0) is 22.8. The number of imidazole rings is 1. The zero-order valence-corrected chi connectivity index (χ0v) is 18.6. The second-order valence-corrected chi connectivity index (χ2v) is 8.44. The molecule has 3 heterocycles. The van der Waals surface area contributed by atoms with Crippen molar-refractivity contribution < 1.29 is 14.3 Å². The van der Waals surface area contributed by atoms with Crippen molar-refractivity contribution in [1.82, 2.24) is 19.1 Å². The number of amides is 1. The van der Waals surface area contributed by atoms with Crippen LogP contribution >= 0.6 is 11.8 Å². The Morgan fingerprint density at radius 1 is 1.25 bits per heavy atom. The highest BCUT2D eigenvalue weighted by Gasteiger charge is 2.27. The number of anilines is 1. The van der Waals surface area contributed by atoms with Crippen molar-refractivity contribution in [2.75, 3.05) is 17.2 Å². The van der Waals surface area contributed by atoms with Crippen molar-refractivity contribution in [2.45, 2.75) is 37.8 Å². The molecule has 0 aliphatic carbocycles. The number of aromatic amines is 1. The van der Waals surface area contributed by atoms with E-state index in [4.69, 9.17) is 4.74 Å². The van der Waals surface area contributed by atoms with Crippen LogP contribution in [0.1, 0.15) is 25.6 Å². The molecule has 2 aromatic heterocycles. The van der Waals surface area contributed by atoms with Crippen LogP contribution in [-0.2, 0) is 34.5 Å². The van der Waals surface area contributed by atoms with Crippen molar-refractivity contribution in [1.29, 1.82) is 0 Å². The van der Waals surface area contributed by atoms with Gasteiger partial charge in [0.25, 0.3) is 5.56 Å². The Balaban J connectivity index is 1.53. The van der Waals surface area contributed by atoms with E-state index in [1.807, 2.05) is 25.1 Å². The highest BCUT2D eigenvalue weighted by molar-refractivity contribution is 8.00. The van der Waals surface area contributed by atoms with Crippen LogP contribution in [-0.4, -0.2) is 43.3 Å². The molecule has 0 saturated heterocycles. The summed E-state index contributed by atoms with van der Waals surface area (Å²) < 4.78 is 8.31. The Bertz CT molecular complexity index is 1310. The quantitative estimate of drug-likeness (QED) is 0.533. The van der Waals surface area contributed by atoms with Gasteiger partial charge in [-0.2, -0.15) is 0 Å². The summed E-state index contributed by atoms with van der Waals surface area (Å²) in [4.78, 5) is 58.5. The lowest BCUT2D eigenvalue weighted by Gasteiger charge is -2.27. The molecule has 0 atom stereocenters. The van der Waals surface area contributed by atoms with Gasteiger partial charge in [-0.1, -0.05) is 25.5 Å². The zero-order valence-electron chi connectivity index (χ0n) is 17.8. The van der Waals surface area contributed by atoms with Crippen molar-refractivity contribution in [3.05, 3.63) is 50.9 Å². The third-order valence-electron chi connectivity index (χ3n) is 5.30. The fourth-order valence-electron chi connectivity index (χ4n) is 3.59. The normalized spacial score (nSPS) is 13.4. The number of benzene rings is 1. The van der Waals surface area contributed by atoms with E-state index in [1.165, 1.54) is 25.8 Å². The Hall–Kier alpha value is -3.34. The number of aryl methyl sites for hydroxylation is 2. The van der Waals surface area contributed by atoms with Crippen molar-refractivity contribution >= 4 is 40.5 Å². The number of thioether (sulfide) groups is 1. The van der Waals surface area contributed by atoms with Crippen LogP contribution in [0.15, 0.2) is 38.8 Å². The number of H-pyrrole nitrogens is 1. The molecule has 1 aliphatic rings. The second-order valence-electron chi connectivity index (χ2n) is 7.42. The van der Waals surface area contributed by atoms with E-state index in [-0.39, 0.29) is 36.0 Å². The summed E-state index contributed by atoms with van der Waals surface area (Å²) in [5.41, 5.74) is 0.123. The number of esters is 1. The number of carbonyl (C=O) groups is 2. The molecule has 1 amide bonds. The standard InChI is InChI=1S/C21H23N5O5S/c1-3-4-9-25-19-18(20(29)23-21(25)30)24(2)15(22-19)11-31-17(28)10-26-13-7-5-6-8-14(13)32-12-16(26)27/h5-8H,3-4,9-12H2,1-2H3,(H,23,29,30). The molecule has 0 fully saturated rings. The number of nitrogens with one attached hydrogen (secondary N) is 1. The highest BCUT2D eigenvalue weighted by Crippen LogP contribution is 2.34. The molecule has 32 heavy (non-hydrogen) atoms. The maximum Gasteiger partial charge on any atom is 0.330 e. The largest absolute Gasteiger partial charge is 0.456 e. The van der Waals surface area contributed by atoms with Gasteiger partial charge in [0.1, 0.15) is 19.0 Å². The number of ether oxygens (including phenoxy) is 1. The molecule has 1 aromatic carbocycles. The van der Waals surface area contributed by atoms with Crippen LogP contribution < -0.4 is 16.1 Å². The van der Waals surface area contributed by atoms with E-state index < -0.39 is 17.2 Å². The van der Waals surface area contributed by atoms with Gasteiger partial charge in [0.15, 0.2) is 11.2 Å². The van der Waals surface area contributed by atoms with Crippen molar-refractivity contribution in [3.63, 3.8) is 0 Å². The molecule has 3 aromatic rings. The molecular weight excluding hydrogens is 434 g/mol. The maximum atomic E-state index is 12.5. The van der Waals surface area contributed by atoms with E-state index in [0.29, 0.717) is 18.1 Å². The lowest BCUT2D eigenvalue weighted by atomic mass is 10.2. The fourth-order valence-corrected chi connectivity index (χ4v) is 4.53. The van der Waals surface area contributed by atoms with E-state index in [9.17, 15) is 19.2 Å². The molecule has 10 nitrogen and oxygen atoms in total. The van der Waals surface area contributed by atoms with Gasteiger partial charge in [0.05, 0.1) is 11.4 Å². The first-order chi connectivity index (χ1) is 15.4. The number of fused-ring (bicyclic) bond motifs is 2. The van der Waals surface area contributed by atoms with Gasteiger partial charge >= 0.3 is 11.7 Å². The summed E-state index contributed by atoms with van der Waals surface area (Å²) in [6.45, 7) is 2.01. The first-order valence-electron chi connectivity index (χ1n) is 10.3. The number of hydrogen-bond acceptors (Lipinski definition) is 7. The first kappa shape index (κ1) is 21.9. The fraction of sp³-hybridized carbons (Fsp3) is 0.381. The monoisotopic (exact) mass is 457 g/mol. The Kier molecular flexibility index (Phi) is 6.17. The highest BCUT2D eigenvalue weighted by atomic mass is 32.2. The molecule has 4 rings (SSSR count). The van der Waals surface area contributed by atoms with Gasteiger partial charge in [-0.05, 0) is 18.6 Å². The summed E-state index contributed by atoms with van der Waals surface area (Å²) in [6.07, 6.45) is 1.63. The van der Waals surface area contributed by atoms with Gasteiger partial charge in [0.2, 0.25) is 5.91 Å². The predicted molar refractivity (Wildman–Crippen MR) is 120 cm³/mol. The molecule has 168 valence electrons. The minimum Gasteiger partial charge on any atom is -0.456 e. The van der Waals surface area contributed by atoms with Crippen LogP contribution in [0.5, 0.6) is 0 Å². The number of carbonyl (C=O) groups excluding carboxylic acids is 2. The van der Waals surface area contributed by atoms with Crippen molar-refractivity contribution in [3.8, 4) is 0 Å². The summed E-state index contributed by atoms with van der Waals surface area (Å²) in [7, 11) is 1.63. The summed E-state index contributed by atoms with van der Waals surface area (Å²) in [5, 5.41) is 0. The van der Waals surface area contributed by atoms with Gasteiger partial charge < -0.3 is 9.30 Å². The molecule has 1 aliphatic heterocycles. The average Bonchev–Trinajstić information content (AvgIpc) is 3.10. The molecular formula is C21H23N5O5S. The van der Waals surface area contributed by atoms with Gasteiger partial charge in [-0.15, -0.1) is 11.8 Å². The summed E-state index contributed by atoms with van der Waals surface area (Å²) in [6, 6.07) is 7.39. The number of aromatic nitrogens is 4. The average molecular weight is 458 g/mol. The first-order valence-corrected chi connectivity index (χ1v) is 11.3. The topological polar surface area (TPSA) is 119 Å². The molecule has 0 bridgehead atoms. The maximum absolute atomic E-state index is 12.5. The van der Waals surface area contributed by atoms with E-state index in [0.717, 1.165) is 17.7 Å². The van der Waals surface area contributed by atoms with Crippen LogP contribution in [0.4, 0.5) is 5.69 Å². The van der Waals surface area contributed by atoms with Crippen LogP contribution in [0.25, 0.3) is 11.2 Å². The lowest BCUT2D eigenvalue weighted by molar-refractivity contribution is -0.144. The smallest absolute Gasteiger partial charge is 0.330 e. The molecule has 0 spiro atoms. The summed E-state index contributed by atoms with van der Waals surface area (Å²) in [5.74, 6) is -0.174. The molecule has 1 N–H and O–H groups in total. The molecule has 0 radical (unpaired) electrons. The number of hydrogen-bond donors (Lipinski definition) is 1. The number of para-hydroxylation sites is 1. The number of unbranched alkanes of at least 4 members (excludes halogenated alkanes) is 1. The van der Waals surface area contributed by atoms with Crippen molar-refractivity contribution in [2.24, 2.45) is 7.05 Å². The Morgan fingerprint density at radius 3 is 2.81 bits per heavy atom. The minimum absolute atomic E-state index is 0.167. The van der Waals surface area contributed by atoms with Crippen LogP contribution in [0.3, 0.4) is 0 Å². The molecule has 0 saturated carbocycles. The number of rotatable bonds is 7. The van der Waals surface area contributed by atoms with Crippen LogP contribution in [0.2, 0.25) is 0 Å². The third kappa shape index (κ3) is 4.07. The Morgan fingerprint density at radius 2 is 2.03 bits per heavy atom. The minimum atomic E-state index is -0.593. The predicted octanol–water partition coefficient (Wildman–Crippen LogP) is 1.41. The SMILES string of the molecule is CCCCn1c(=O)[nH]c(=O)c2c1nc(COC(=O)CN1C(=O)CSc3ccccc31)n2C. The number of nitrogens with zero attached hydrogens (tertiary/aromatic N) is 4. The Labute approximate surface area is 187 Å². The van der Waals surface area contributed by atoms with Gasteiger partial charge in [-0.3, -0.25) is 28.8 Å². The van der Waals surface area contributed by atoms with Gasteiger partial charge in [0, 0.05) is 18.5 Å². The van der Waals surface area contributed by atoms with Gasteiger partial charge in [-0.25, -0.2) is 9.78 Å². The summed E-state index contributed by atoms with van der Waals surface area (Å²) >= 11 is 1.43. The van der Waals surface area contributed by atoms with E-state index in [1.54, 1.807) is 13.1 Å². The van der Waals surface area contributed by atoms with E-state index in [2.05, 4.69) is 9.97 Å².